The summed E-state index contributed by atoms with van der Waals surface area (Å²) in [6.07, 6.45) is 1.50. The number of nitrogens with one attached hydrogen (secondary N) is 1. The van der Waals surface area contributed by atoms with Crippen LogP contribution in [0.2, 0.25) is 5.02 Å². The number of ether oxygens (including phenoxy) is 1. The van der Waals surface area contributed by atoms with Gasteiger partial charge in [-0.1, -0.05) is 11.6 Å². The van der Waals surface area contributed by atoms with Crippen molar-refractivity contribution in [3.05, 3.63) is 46.9 Å². The third-order valence-corrected chi connectivity index (χ3v) is 4.45. The number of halogens is 1. The third kappa shape index (κ3) is 4.96. The molecule has 0 saturated carbocycles. The monoisotopic (exact) mass is 383 g/mol. The number of furan rings is 1. The zero-order chi connectivity index (χ0) is 18.4. The van der Waals surface area contributed by atoms with Crippen molar-refractivity contribution in [1.29, 1.82) is 5.26 Å². The number of hydrogen-bond donors (Lipinski definition) is 2. The number of anilines is 1. The molecule has 1 aromatic heterocycles. The lowest BCUT2D eigenvalue weighted by Gasteiger charge is -2.13. The standard InChI is InChI=1S/C15H14ClN3O5S/c16-12-8-13(19-9-10-3-1-5-23-10)11(7-14(12)25(18,21)22)15(20)24-6-2-4-17/h1,3,5,7-8,19H,2,6,9H2,(H2,18,21,22). The predicted octanol–water partition coefficient (Wildman–Crippen LogP) is 2.26. The molecule has 2 rings (SSSR count). The van der Waals surface area contributed by atoms with Gasteiger partial charge in [-0.05, 0) is 24.3 Å². The maximum absolute atomic E-state index is 12.2. The second-order valence-electron chi connectivity index (χ2n) is 4.85. The number of benzene rings is 1. The fourth-order valence-electron chi connectivity index (χ4n) is 1.95. The van der Waals surface area contributed by atoms with Gasteiger partial charge in [0.25, 0.3) is 0 Å². The number of sulfonamides is 1. The summed E-state index contributed by atoms with van der Waals surface area (Å²) >= 11 is 5.96. The van der Waals surface area contributed by atoms with Crippen LogP contribution in [0.25, 0.3) is 0 Å². The average molecular weight is 384 g/mol. The van der Waals surface area contributed by atoms with E-state index in [9.17, 15) is 13.2 Å². The van der Waals surface area contributed by atoms with E-state index in [-0.39, 0.29) is 35.8 Å². The second-order valence-corrected chi connectivity index (χ2v) is 6.79. The first kappa shape index (κ1) is 18.8. The second kappa shape index (κ2) is 8.02. The number of primary sulfonamides is 1. The Balaban J connectivity index is 2.36. The van der Waals surface area contributed by atoms with E-state index < -0.39 is 20.9 Å². The average Bonchev–Trinajstić information content (AvgIpc) is 3.05. The van der Waals surface area contributed by atoms with Gasteiger partial charge in [0.05, 0.1) is 41.6 Å². The number of nitriles is 1. The SMILES string of the molecule is N#CCCOC(=O)c1cc(S(N)(=O)=O)c(Cl)cc1NCc1ccco1. The summed E-state index contributed by atoms with van der Waals surface area (Å²) in [7, 11) is -4.13. The smallest absolute Gasteiger partial charge is 0.340 e. The highest BCUT2D eigenvalue weighted by atomic mass is 35.5. The molecule has 132 valence electrons. The highest BCUT2D eigenvalue weighted by Gasteiger charge is 2.21. The summed E-state index contributed by atoms with van der Waals surface area (Å²) < 4.78 is 33.3. The quantitative estimate of drug-likeness (QED) is 0.552. The normalized spacial score (nSPS) is 10.9. The van der Waals surface area contributed by atoms with Crippen LogP contribution >= 0.6 is 11.6 Å². The van der Waals surface area contributed by atoms with Crippen LogP contribution in [0.4, 0.5) is 5.69 Å². The van der Waals surface area contributed by atoms with Gasteiger partial charge in [0.2, 0.25) is 10.0 Å². The van der Waals surface area contributed by atoms with Gasteiger partial charge >= 0.3 is 5.97 Å². The third-order valence-electron chi connectivity index (χ3n) is 3.08. The number of nitrogens with two attached hydrogens (primary N) is 1. The van der Waals surface area contributed by atoms with Crippen molar-refractivity contribution in [1.82, 2.24) is 0 Å². The molecule has 8 nitrogen and oxygen atoms in total. The molecule has 2 aromatic rings. The van der Waals surface area contributed by atoms with E-state index >= 15 is 0 Å². The van der Waals surface area contributed by atoms with Crippen LogP contribution in [0, 0.1) is 11.3 Å². The molecule has 1 aromatic carbocycles. The van der Waals surface area contributed by atoms with Crippen LogP contribution in [0.5, 0.6) is 0 Å². The molecule has 10 heteroatoms. The molecule has 3 N–H and O–H groups in total. The van der Waals surface area contributed by atoms with E-state index in [4.69, 9.17) is 31.2 Å². The molecule has 0 saturated heterocycles. The fourth-order valence-corrected chi connectivity index (χ4v) is 3.05. The summed E-state index contributed by atoms with van der Waals surface area (Å²) in [5.41, 5.74) is 0.175. The number of rotatable bonds is 7. The van der Waals surface area contributed by atoms with Crippen molar-refractivity contribution < 1.29 is 22.4 Å². The lowest BCUT2D eigenvalue weighted by Crippen LogP contribution is -2.16. The van der Waals surface area contributed by atoms with Gasteiger partial charge < -0.3 is 14.5 Å². The van der Waals surface area contributed by atoms with Crippen molar-refractivity contribution >= 4 is 33.3 Å². The van der Waals surface area contributed by atoms with Crippen LogP contribution in [-0.2, 0) is 21.3 Å². The molecular formula is C15H14ClN3O5S. The molecule has 0 amide bonds. The minimum absolute atomic E-state index is 0.0104. The van der Waals surface area contributed by atoms with Crippen molar-refractivity contribution in [3.63, 3.8) is 0 Å². The number of hydrogen-bond acceptors (Lipinski definition) is 7. The van der Waals surface area contributed by atoms with E-state index in [0.29, 0.717) is 5.76 Å². The maximum atomic E-state index is 12.2. The highest BCUT2D eigenvalue weighted by molar-refractivity contribution is 7.89. The van der Waals surface area contributed by atoms with Gasteiger partial charge in [0.15, 0.2) is 0 Å². The van der Waals surface area contributed by atoms with Crippen LogP contribution in [0.1, 0.15) is 22.5 Å². The van der Waals surface area contributed by atoms with Crippen molar-refractivity contribution in [2.45, 2.75) is 17.9 Å². The van der Waals surface area contributed by atoms with Crippen LogP contribution in [0.15, 0.2) is 39.8 Å². The Morgan fingerprint density at radius 3 is 2.80 bits per heavy atom. The molecule has 0 aliphatic heterocycles. The number of esters is 1. The van der Waals surface area contributed by atoms with Gasteiger partial charge in [-0.25, -0.2) is 18.4 Å². The Kier molecular flexibility index (Phi) is 6.03. The highest BCUT2D eigenvalue weighted by Crippen LogP contribution is 2.29. The first-order chi connectivity index (χ1) is 11.8. The van der Waals surface area contributed by atoms with E-state index in [1.807, 2.05) is 6.07 Å². The molecule has 1 heterocycles. The zero-order valence-corrected chi connectivity index (χ0v) is 14.4. The van der Waals surface area contributed by atoms with Crippen molar-refractivity contribution in [3.8, 4) is 6.07 Å². The predicted molar refractivity (Wildman–Crippen MR) is 89.4 cm³/mol. The van der Waals surface area contributed by atoms with Crippen LogP contribution < -0.4 is 10.5 Å². The van der Waals surface area contributed by atoms with Crippen LogP contribution in [-0.4, -0.2) is 21.0 Å². The van der Waals surface area contributed by atoms with Gasteiger partial charge in [-0.15, -0.1) is 0 Å². The zero-order valence-electron chi connectivity index (χ0n) is 12.9. The van der Waals surface area contributed by atoms with E-state index in [1.54, 1.807) is 12.1 Å². The molecule has 0 radical (unpaired) electrons. The molecule has 0 bridgehead atoms. The van der Waals surface area contributed by atoms with Gasteiger partial charge in [-0.3, -0.25) is 0 Å². The van der Waals surface area contributed by atoms with E-state index in [2.05, 4.69) is 5.32 Å². The summed E-state index contributed by atoms with van der Waals surface area (Å²) in [4.78, 5) is 11.8. The van der Waals surface area contributed by atoms with E-state index in [0.717, 1.165) is 6.07 Å². The van der Waals surface area contributed by atoms with Crippen LogP contribution in [0.3, 0.4) is 0 Å². The van der Waals surface area contributed by atoms with Gasteiger partial charge in [0.1, 0.15) is 17.3 Å². The summed E-state index contributed by atoms with van der Waals surface area (Å²) in [6, 6.07) is 7.56. The van der Waals surface area contributed by atoms with Gasteiger partial charge in [-0.2, -0.15) is 5.26 Å². The number of carbonyl (C=O) groups excluding carboxylic acids is 1. The fraction of sp³-hybridized carbons (Fsp3) is 0.200. The lowest BCUT2D eigenvalue weighted by molar-refractivity contribution is 0.0514. The van der Waals surface area contributed by atoms with Crippen molar-refractivity contribution in [2.75, 3.05) is 11.9 Å². The first-order valence-corrected chi connectivity index (χ1v) is 8.92. The topological polar surface area (TPSA) is 135 Å². The summed E-state index contributed by atoms with van der Waals surface area (Å²) in [6.45, 7) is 0.108. The first-order valence-electron chi connectivity index (χ1n) is 6.99. The number of carbonyl (C=O) groups is 1. The molecule has 0 aliphatic carbocycles. The molecular weight excluding hydrogens is 370 g/mol. The van der Waals surface area contributed by atoms with E-state index in [1.165, 1.54) is 12.3 Å². The Morgan fingerprint density at radius 2 is 2.20 bits per heavy atom. The number of nitrogens with zero attached hydrogens (tertiary/aromatic N) is 1. The Hall–Kier alpha value is -2.54. The van der Waals surface area contributed by atoms with Gasteiger partial charge in [0, 0.05) is 0 Å². The lowest BCUT2D eigenvalue weighted by atomic mass is 10.1. The maximum Gasteiger partial charge on any atom is 0.340 e. The molecule has 0 fully saturated rings. The minimum atomic E-state index is -4.13. The minimum Gasteiger partial charge on any atom is -0.467 e. The Morgan fingerprint density at radius 1 is 1.44 bits per heavy atom. The summed E-state index contributed by atoms with van der Waals surface area (Å²) in [5, 5.41) is 16.4. The molecule has 0 spiro atoms. The Labute approximate surface area is 149 Å². The molecule has 0 atom stereocenters. The largest absolute Gasteiger partial charge is 0.467 e. The van der Waals surface area contributed by atoms with Crippen molar-refractivity contribution in [2.24, 2.45) is 5.14 Å². The Bertz CT molecular complexity index is 904. The molecule has 0 unspecified atom stereocenters. The molecule has 0 aliphatic rings. The summed E-state index contributed by atoms with van der Waals surface area (Å²) in [5.74, 6) is -0.214. The molecule has 25 heavy (non-hydrogen) atoms.